The maximum atomic E-state index is 10.4. The van der Waals surface area contributed by atoms with Crippen LogP contribution in [0.2, 0.25) is 0 Å². The van der Waals surface area contributed by atoms with Crippen molar-refractivity contribution >= 4 is 55.3 Å². The number of benzene rings is 4. The normalized spacial score (nSPS) is 12.7. The zero-order valence-corrected chi connectivity index (χ0v) is 24.2. The van der Waals surface area contributed by atoms with Gasteiger partial charge in [0.1, 0.15) is 5.58 Å². The van der Waals surface area contributed by atoms with Gasteiger partial charge < -0.3 is 14.5 Å². The van der Waals surface area contributed by atoms with Crippen molar-refractivity contribution in [3.63, 3.8) is 0 Å². The minimum Gasteiger partial charge on any atom is -0.512 e. The van der Waals surface area contributed by atoms with Crippen LogP contribution in [0.15, 0.2) is 94.8 Å². The Morgan fingerprint density at radius 3 is 2.49 bits per heavy atom. The Bertz CT molecular complexity index is 1960. The third-order valence-electron chi connectivity index (χ3n) is 7.26. The molecule has 39 heavy (non-hydrogen) atoms. The molecule has 0 unspecified atom stereocenters. The summed E-state index contributed by atoms with van der Waals surface area (Å²) in [5.74, 6) is 0.0301. The van der Waals surface area contributed by atoms with Crippen LogP contribution in [-0.4, -0.2) is 15.9 Å². The summed E-state index contributed by atoms with van der Waals surface area (Å²) in [4.78, 5) is 15.1. The van der Waals surface area contributed by atoms with E-state index in [-0.39, 0.29) is 31.6 Å². The Hall–Kier alpha value is -4.05. The van der Waals surface area contributed by atoms with Crippen LogP contribution in [0.25, 0.3) is 60.8 Å². The first-order valence-corrected chi connectivity index (χ1v) is 12.6. The van der Waals surface area contributed by atoms with Crippen LogP contribution in [0, 0.1) is 6.07 Å². The topological polar surface area (TPSA) is 63.3 Å². The number of pyridine rings is 1. The number of hydrogen-bond donors (Lipinski definition) is 1. The number of carbonyl (C=O) groups is 1. The minimum absolute atomic E-state index is 0. The second-order valence-electron chi connectivity index (χ2n) is 9.67. The molecule has 0 atom stereocenters. The smallest absolute Gasteiger partial charge is 0.158 e. The summed E-state index contributed by atoms with van der Waals surface area (Å²) < 4.78 is 6.42. The number of aliphatic hydroxyl groups excluding tert-OH is 1. The van der Waals surface area contributed by atoms with Crippen molar-refractivity contribution in [3.05, 3.63) is 108 Å². The molecule has 195 valence electrons. The molecule has 2 heterocycles. The molecule has 0 spiro atoms. The van der Waals surface area contributed by atoms with Crippen LogP contribution in [0.1, 0.15) is 31.9 Å². The van der Waals surface area contributed by atoms with Gasteiger partial charge in [-0.25, -0.2) is 0 Å². The number of aliphatic hydroxyl groups is 1. The quantitative estimate of drug-likeness (QED) is 0.112. The third-order valence-corrected chi connectivity index (χ3v) is 7.26. The molecular weight excluding hydrogens is 663 g/mol. The third kappa shape index (κ3) is 4.69. The average molecular weight is 689 g/mol. The summed E-state index contributed by atoms with van der Waals surface area (Å²) >= 11 is 0. The molecule has 4 nitrogen and oxygen atoms in total. The largest absolute Gasteiger partial charge is 0.512 e. The number of rotatable bonds is 2. The number of furan rings is 1. The van der Waals surface area contributed by atoms with E-state index in [4.69, 9.17) is 14.5 Å². The Morgan fingerprint density at radius 2 is 1.74 bits per heavy atom. The number of nitrogens with zero attached hydrogens (tertiary/aromatic N) is 1. The Labute approximate surface area is 240 Å². The number of aromatic nitrogens is 1. The molecule has 4 aromatic carbocycles. The Balaban J connectivity index is 0.000000303. The molecule has 0 aliphatic heterocycles. The van der Waals surface area contributed by atoms with Crippen molar-refractivity contribution in [2.45, 2.75) is 27.2 Å². The first-order valence-electron chi connectivity index (χ1n) is 12.6. The van der Waals surface area contributed by atoms with E-state index in [0.29, 0.717) is 5.57 Å². The zero-order chi connectivity index (χ0) is 26.4. The van der Waals surface area contributed by atoms with Crippen molar-refractivity contribution < 1.29 is 34.4 Å². The number of ketones is 1. The summed E-state index contributed by atoms with van der Waals surface area (Å²) in [7, 11) is 0. The van der Waals surface area contributed by atoms with Gasteiger partial charge in [-0.2, -0.15) is 0 Å². The predicted octanol–water partition coefficient (Wildman–Crippen LogP) is 8.75. The van der Waals surface area contributed by atoms with Gasteiger partial charge in [0.25, 0.3) is 0 Å². The van der Waals surface area contributed by atoms with E-state index in [2.05, 4.69) is 66.7 Å². The van der Waals surface area contributed by atoms with Crippen LogP contribution in [0.4, 0.5) is 0 Å². The van der Waals surface area contributed by atoms with Crippen LogP contribution in [0.5, 0.6) is 0 Å². The summed E-state index contributed by atoms with van der Waals surface area (Å²) in [6.07, 6.45) is 7.33. The minimum atomic E-state index is -0.0787. The van der Waals surface area contributed by atoms with Gasteiger partial charge in [-0.1, -0.05) is 78.2 Å². The molecule has 6 aromatic rings. The van der Waals surface area contributed by atoms with E-state index in [1.54, 1.807) is 6.92 Å². The van der Waals surface area contributed by atoms with E-state index >= 15 is 0 Å². The van der Waals surface area contributed by atoms with Gasteiger partial charge >= 0.3 is 0 Å². The van der Waals surface area contributed by atoms with Gasteiger partial charge in [-0.15, -0.1) is 17.7 Å². The molecule has 0 saturated heterocycles. The van der Waals surface area contributed by atoms with E-state index in [1.807, 2.05) is 24.4 Å². The molecule has 0 amide bonds. The summed E-state index contributed by atoms with van der Waals surface area (Å²) in [6.45, 7) is 4.52. The van der Waals surface area contributed by atoms with Gasteiger partial charge in [0.05, 0.1) is 11.3 Å². The zero-order valence-electron chi connectivity index (χ0n) is 21.8. The number of hydrogen-bond acceptors (Lipinski definition) is 4. The number of allylic oxidation sites excluding steroid dienone is 3. The van der Waals surface area contributed by atoms with Gasteiger partial charge in [0.15, 0.2) is 5.78 Å². The standard InChI is InChI=1S/C28H16NO.C6H10O2.Ir/c1-2-7-20-16-29-24(15-18(20)6-1)21-11-5-13-25-27(21)23-14-19-10-3-8-17-9-4-12-22(26(17)19)28(23)30-25;1-4(5(2)7)6(3)8;/h1-9,12-16H,10H2;7H,1-3H3;/q-1;;/b;5-4-;. The van der Waals surface area contributed by atoms with Crippen LogP contribution in [-0.2, 0) is 31.3 Å². The van der Waals surface area contributed by atoms with Crippen molar-refractivity contribution in [3.8, 4) is 11.3 Å². The Morgan fingerprint density at radius 1 is 0.949 bits per heavy atom. The van der Waals surface area contributed by atoms with E-state index in [0.717, 1.165) is 45.0 Å². The van der Waals surface area contributed by atoms with Gasteiger partial charge in [-0.05, 0) is 65.6 Å². The molecule has 5 heteroatoms. The predicted molar refractivity (Wildman–Crippen MR) is 155 cm³/mol. The summed E-state index contributed by atoms with van der Waals surface area (Å²) in [5.41, 5.74) is 6.78. The molecule has 1 aliphatic rings. The summed E-state index contributed by atoms with van der Waals surface area (Å²) in [5, 5.41) is 15.7. The molecule has 1 radical (unpaired) electrons. The first kappa shape index (κ1) is 26.6. The van der Waals surface area contributed by atoms with Gasteiger partial charge in [0.2, 0.25) is 0 Å². The van der Waals surface area contributed by atoms with Crippen molar-refractivity contribution in [2.75, 3.05) is 0 Å². The number of fused-ring (bicyclic) bond motifs is 5. The second kappa shape index (κ2) is 10.6. The molecule has 1 N–H and O–H groups in total. The summed E-state index contributed by atoms with van der Waals surface area (Å²) in [6, 6.07) is 26.6. The molecule has 0 fully saturated rings. The first-order chi connectivity index (χ1) is 18.4. The molecule has 0 bridgehead atoms. The molecule has 7 rings (SSSR count). The second-order valence-corrected chi connectivity index (χ2v) is 9.67. The monoisotopic (exact) mass is 689 g/mol. The average Bonchev–Trinajstić information content (AvgIpc) is 3.32. The Kier molecular flexibility index (Phi) is 7.22. The van der Waals surface area contributed by atoms with Gasteiger partial charge in [-0.3, -0.25) is 4.79 Å². The van der Waals surface area contributed by atoms with Crippen molar-refractivity contribution in [1.82, 2.24) is 4.98 Å². The fourth-order valence-corrected chi connectivity index (χ4v) is 5.10. The molecule has 0 saturated carbocycles. The number of Topliss-reactive ketones (excluding diaryl/α,β-unsaturated/α-hetero) is 1. The molecule has 2 aromatic heterocycles. The SMILES string of the molecule is CC(=O)/C(C)=C(/C)O.[Ir].[c-]1ccc2oc3c4cccc5c4c(cc3c2c1-c1cc2ccccc2cn1)CC=C5. The van der Waals surface area contributed by atoms with Crippen molar-refractivity contribution in [1.29, 1.82) is 0 Å². The van der Waals surface area contributed by atoms with E-state index in [9.17, 15) is 4.79 Å². The van der Waals surface area contributed by atoms with Crippen molar-refractivity contribution in [2.24, 2.45) is 0 Å². The van der Waals surface area contributed by atoms with Gasteiger partial charge in [0, 0.05) is 37.3 Å². The van der Waals surface area contributed by atoms with Crippen LogP contribution < -0.4 is 0 Å². The number of carbonyl (C=O) groups excluding carboxylic acids is 1. The maximum Gasteiger partial charge on any atom is 0.158 e. The van der Waals surface area contributed by atoms with E-state index < -0.39 is 0 Å². The van der Waals surface area contributed by atoms with Crippen LogP contribution in [0.3, 0.4) is 0 Å². The van der Waals surface area contributed by atoms with E-state index in [1.165, 1.54) is 41.1 Å². The fraction of sp³-hybridized carbons (Fsp3) is 0.118. The maximum absolute atomic E-state index is 10.4. The molecular formula is C34H26IrNO3-. The van der Waals surface area contributed by atoms with Crippen LogP contribution >= 0.6 is 0 Å². The fourth-order valence-electron chi connectivity index (χ4n) is 5.10. The molecule has 1 aliphatic carbocycles.